The van der Waals surface area contributed by atoms with Crippen molar-refractivity contribution in [2.75, 3.05) is 22.4 Å². The van der Waals surface area contributed by atoms with Crippen molar-refractivity contribution < 1.29 is 0 Å². The molecule has 1 aliphatic heterocycles. The zero-order valence-corrected chi connectivity index (χ0v) is 15.7. The van der Waals surface area contributed by atoms with Crippen LogP contribution in [0.25, 0.3) is 0 Å². The van der Waals surface area contributed by atoms with Gasteiger partial charge in [0, 0.05) is 29.8 Å². The van der Waals surface area contributed by atoms with Gasteiger partial charge in [0.2, 0.25) is 0 Å². The Hall–Kier alpha value is -2.25. The summed E-state index contributed by atoms with van der Waals surface area (Å²) in [7, 11) is -2.49. The lowest BCUT2D eigenvalue weighted by Gasteiger charge is -2.39. The molecule has 1 aliphatic rings. The van der Waals surface area contributed by atoms with Gasteiger partial charge in [-0.25, -0.2) is 0 Å². The second-order valence-corrected chi connectivity index (χ2v) is 9.18. The summed E-state index contributed by atoms with van der Waals surface area (Å²) in [6.45, 7) is 12.1. The molecule has 3 nitrogen and oxygen atoms in total. The Labute approximate surface area is 151 Å². The van der Waals surface area contributed by atoms with Crippen LogP contribution in [0.4, 0.5) is 11.4 Å². The number of nitrogens with zero attached hydrogens (tertiary/aromatic N) is 2. The molecule has 1 N–H and O–H groups in total. The fourth-order valence-corrected chi connectivity index (χ4v) is 6.70. The average Bonchev–Trinajstić information content (AvgIpc) is 3.01. The first-order valence-corrected chi connectivity index (χ1v) is 10.4. The molecule has 0 radical (unpaired) electrons. The van der Waals surface area contributed by atoms with Gasteiger partial charge in [0.05, 0.1) is 0 Å². The van der Waals surface area contributed by atoms with Gasteiger partial charge in [-0.15, -0.1) is 6.58 Å². The summed E-state index contributed by atoms with van der Waals surface area (Å²) in [6, 6.07) is 20.6. The maximum absolute atomic E-state index is 9.61. The normalized spacial score (nSPS) is 17.3. The van der Waals surface area contributed by atoms with Crippen LogP contribution in [0.2, 0.25) is 0 Å². The number of nitrogens with one attached hydrogen (secondary N) is 1. The Kier molecular flexibility index (Phi) is 5.15. The van der Waals surface area contributed by atoms with Crippen LogP contribution in [0.5, 0.6) is 0 Å². The van der Waals surface area contributed by atoms with Gasteiger partial charge < -0.3 is 9.34 Å². The minimum absolute atomic E-state index is 0.235. The van der Waals surface area contributed by atoms with Crippen LogP contribution < -0.4 is 9.34 Å². The first-order valence-electron chi connectivity index (χ1n) is 8.69. The van der Waals surface area contributed by atoms with Crippen LogP contribution in [0.15, 0.2) is 85.2 Å². The van der Waals surface area contributed by atoms with Gasteiger partial charge >= 0.3 is 0 Å². The monoisotopic (exact) mass is 351 g/mol. The van der Waals surface area contributed by atoms with Gasteiger partial charge in [-0.05, 0) is 36.6 Å². The molecule has 0 bridgehead atoms. The molecule has 0 aromatic heterocycles. The Bertz CT molecular complexity index is 734. The summed E-state index contributed by atoms with van der Waals surface area (Å²) in [5, 5.41) is 10.6. The van der Waals surface area contributed by atoms with Crippen LogP contribution in [0, 0.1) is 11.1 Å². The van der Waals surface area contributed by atoms with Crippen molar-refractivity contribution in [1.29, 1.82) is 5.16 Å². The second-order valence-electron chi connectivity index (χ2n) is 6.44. The number of hydrogen-bond donors (Lipinski definition) is 1. The quantitative estimate of drug-likeness (QED) is 0.485. The summed E-state index contributed by atoms with van der Waals surface area (Å²) in [5.74, 6) is 0.235. The van der Waals surface area contributed by atoms with E-state index in [0.717, 1.165) is 36.2 Å². The fourth-order valence-electron chi connectivity index (χ4n) is 3.41. The molecule has 2 aromatic rings. The Balaban J connectivity index is 2.07. The number of hydrogen-bond acceptors (Lipinski definition) is 1. The van der Waals surface area contributed by atoms with E-state index in [-0.39, 0.29) is 5.92 Å². The zero-order chi connectivity index (χ0) is 17.9. The SMILES string of the molecule is C=CCC(C)C(=C)P1(=N)N(c2ccccc2)CCN1c1ccccc1. The summed E-state index contributed by atoms with van der Waals surface area (Å²) >= 11 is 0. The molecule has 25 heavy (non-hydrogen) atoms. The smallest absolute Gasteiger partial charge is 0.168 e. The first-order chi connectivity index (χ1) is 12.1. The lowest BCUT2D eigenvalue weighted by molar-refractivity contribution is 0.730. The third-order valence-corrected chi connectivity index (χ3v) is 8.32. The van der Waals surface area contributed by atoms with Crippen molar-refractivity contribution in [3.63, 3.8) is 0 Å². The molecule has 0 amide bonds. The zero-order valence-electron chi connectivity index (χ0n) is 14.8. The number of para-hydroxylation sites is 2. The van der Waals surface area contributed by atoms with E-state index >= 15 is 0 Å². The van der Waals surface area contributed by atoms with Gasteiger partial charge in [-0.3, -0.25) is 5.16 Å². The highest BCUT2D eigenvalue weighted by atomic mass is 31.2. The molecule has 2 aromatic carbocycles. The molecular formula is C21H26N3P. The van der Waals surface area contributed by atoms with E-state index in [0.29, 0.717) is 0 Å². The molecule has 1 atom stereocenters. The lowest BCUT2D eigenvalue weighted by Crippen LogP contribution is -2.21. The third-order valence-electron chi connectivity index (χ3n) is 4.82. The minimum atomic E-state index is -2.49. The maximum atomic E-state index is 9.61. The van der Waals surface area contributed by atoms with Crippen molar-refractivity contribution in [3.05, 3.63) is 85.2 Å². The summed E-state index contributed by atoms with van der Waals surface area (Å²) in [6.07, 6.45) is 2.78. The molecule has 1 unspecified atom stereocenters. The fraction of sp³-hybridized carbons (Fsp3) is 0.238. The predicted octanol–water partition coefficient (Wildman–Crippen LogP) is 6.35. The van der Waals surface area contributed by atoms with Crippen molar-refractivity contribution in [1.82, 2.24) is 0 Å². The van der Waals surface area contributed by atoms with Crippen LogP contribution in [0.3, 0.4) is 0 Å². The second kappa shape index (κ2) is 7.33. The third kappa shape index (κ3) is 3.17. The van der Waals surface area contributed by atoms with E-state index in [1.807, 2.05) is 42.5 Å². The van der Waals surface area contributed by atoms with Crippen molar-refractivity contribution >= 4 is 18.7 Å². The number of anilines is 2. The van der Waals surface area contributed by atoms with Crippen molar-refractivity contribution in [2.24, 2.45) is 5.92 Å². The molecule has 0 spiro atoms. The first kappa shape index (κ1) is 17.6. The summed E-state index contributed by atoms with van der Waals surface area (Å²) in [5.41, 5.74) is 2.22. The molecule has 0 saturated carbocycles. The summed E-state index contributed by atoms with van der Waals surface area (Å²) < 4.78 is 4.53. The average molecular weight is 351 g/mol. The Morgan fingerprint density at radius 1 is 1.04 bits per heavy atom. The summed E-state index contributed by atoms with van der Waals surface area (Å²) in [4.78, 5) is 0. The highest BCUT2D eigenvalue weighted by Gasteiger charge is 2.42. The van der Waals surface area contributed by atoms with E-state index in [4.69, 9.17) is 0 Å². The van der Waals surface area contributed by atoms with E-state index in [9.17, 15) is 5.16 Å². The molecule has 1 saturated heterocycles. The van der Waals surface area contributed by atoms with Crippen molar-refractivity contribution in [2.45, 2.75) is 13.3 Å². The van der Waals surface area contributed by atoms with E-state index < -0.39 is 7.36 Å². The predicted molar refractivity (Wildman–Crippen MR) is 110 cm³/mol. The van der Waals surface area contributed by atoms with Crippen LogP contribution in [-0.2, 0) is 0 Å². The molecule has 3 rings (SSSR count). The van der Waals surface area contributed by atoms with Crippen LogP contribution in [-0.4, -0.2) is 13.1 Å². The van der Waals surface area contributed by atoms with Gasteiger partial charge in [0.25, 0.3) is 0 Å². The van der Waals surface area contributed by atoms with Gasteiger partial charge in [0.1, 0.15) is 0 Å². The van der Waals surface area contributed by atoms with E-state index in [1.165, 1.54) is 0 Å². The Morgan fingerprint density at radius 2 is 1.48 bits per heavy atom. The number of benzene rings is 2. The largest absolute Gasteiger partial charge is 0.318 e. The Morgan fingerprint density at radius 3 is 1.88 bits per heavy atom. The molecule has 4 heteroatoms. The topological polar surface area (TPSA) is 30.3 Å². The maximum Gasteiger partial charge on any atom is 0.168 e. The number of allylic oxidation sites excluding steroid dienone is 2. The van der Waals surface area contributed by atoms with Gasteiger partial charge in [0.15, 0.2) is 7.36 Å². The highest BCUT2D eigenvalue weighted by Crippen LogP contribution is 2.67. The minimum Gasteiger partial charge on any atom is -0.318 e. The van der Waals surface area contributed by atoms with Crippen LogP contribution in [0.1, 0.15) is 13.3 Å². The highest BCUT2D eigenvalue weighted by molar-refractivity contribution is 7.72. The van der Waals surface area contributed by atoms with E-state index in [1.54, 1.807) is 0 Å². The standard InChI is InChI=1S/C21H26N3P/c1-4-11-18(2)19(3)25(22)23(20-12-7-5-8-13-20)16-17-24(25)21-14-9-6-10-15-21/h4-10,12-15,18,22H,1,3,11,16-17H2,2H3. The van der Waals surface area contributed by atoms with Gasteiger partial charge in [-0.2, -0.15) is 0 Å². The molecule has 1 heterocycles. The van der Waals surface area contributed by atoms with Crippen molar-refractivity contribution in [3.8, 4) is 0 Å². The molecule has 0 aliphatic carbocycles. The van der Waals surface area contributed by atoms with Gasteiger partial charge in [-0.1, -0.05) is 56.0 Å². The number of rotatable bonds is 6. The van der Waals surface area contributed by atoms with E-state index in [2.05, 4.69) is 53.7 Å². The lowest BCUT2D eigenvalue weighted by atomic mass is 10.1. The molecule has 1 fully saturated rings. The van der Waals surface area contributed by atoms with Crippen LogP contribution >= 0.6 is 7.36 Å². The molecular weight excluding hydrogens is 325 g/mol. The molecule has 130 valence electrons.